The van der Waals surface area contributed by atoms with Gasteiger partial charge >= 0.3 is 0 Å². The summed E-state index contributed by atoms with van der Waals surface area (Å²) in [4.78, 5) is 14.2. The molecule has 110 valence electrons. The van der Waals surface area contributed by atoms with E-state index in [4.69, 9.17) is 0 Å². The number of likely N-dealkylation sites (N-methyl/N-ethyl adjacent to an activating group) is 1. The van der Waals surface area contributed by atoms with Crippen LogP contribution in [0.2, 0.25) is 0 Å². The van der Waals surface area contributed by atoms with E-state index in [-0.39, 0.29) is 5.91 Å². The lowest BCUT2D eigenvalue weighted by atomic mass is 9.89. The van der Waals surface area contributed by atoms with E-state index < -0.39 is 0 Å². The summed E-state index contributed by atoms with van der Waals surface area (Å²) in [6.45, 7) is 4.24. The predicted molar refractivity (Wildman–Crippen MR) is 83.9 cm³/mol. The van der Waals surface area contributed by atoms with Crippen molar-refractivity contribution in [2.24, 2.45) is 5.92 Å². The zero-order chi connectivity index (χ0) is 14.2. The molecule has 1 aliphatic rings. The third-order valence-electron chi connectivity index (χ3n) is 4.15. The quantitative estimate of drug-likeness (QED) is 0.864. The number of nitrogens with zero attached hydrogens (tertiary/aromatic N) is 1. The fourth-order valence-electron chi connectivity index (χ4n) is 2.90. The number of nitrogens with one attached hydrogen (secondary N) is 1. The van der Waals surface area contributed by atoms with E-state index in [1.807, 2.05) is 18.2 Å². The molecule has 0 aliphatic heterocycles. The van der Waals surface area contributed by atoms with Gasteiger partial charge in [0.15, 0.2) is 0 Å². The van der Waals surface area contributed by atoms with Crippen molar-refractivity contribution in [3.05, 3.63) is 30.3 Å². The maximum atomic E-state index is 12.1. The summed E-state index contributed by atoms with van der Waals surface area (Å²) in [7, 11) is 0. The number of carbonyl (C=O) groups excluding carboxylic acids is 1. The van der Waals surface area contributed by atoms with E-state index in [1.165, 1.54) is 32.1 Å². The lowest BCUT2D eigenvalue weighted by Gasteiger charge is -2.24. The molecule has 1 saturated carbocycles. The van der Waals surface area contributed by atoms with E-state index in [0.29, 0.717) is 12.5 Å². The Hall–Kier alpha value is -1.51. The number of rotatable bonds is 6. The van der Waals surface area contributed by atoms with Gasteiger partial charge < -0.3 is 10.2 Å². The van der Waals surface area contributed by atoms with Crippen molar-refractivity contribution in [1.82, 2.24) is 5.32 Å². The van der Waals surface area contributed by atoms with Crippen molar-refractivity contribution >= 4 is 11.6 Å². The van der Waals surface area contributed by atoms with Crippen molar-refractivity contribution in [3.63, 3.8) is 0 Å². The van der Waals surface area contributed by atoms with Crippen molar-refractivity contribution in [1.29, 1.82) is 0 Å². The van der Waals surface area contributed by atoms with Gasteiger partial charge in [0, 0.05) is 18.8 Å². The first-order valence-corrected chi connectivity index (χ1v) is 7.86. The van der Waals surface area contributed by atoms with E-state index in [0.717, 1.165) is 18.8 Å². The minimum atomic E-state index is 0.140. The monoisotopic (exact) mass is 274 g/mol. The Morgan fingerprint density at radius 1 is 1.20 bits per heavy atom. The van der Waals surface area contributed by atoms with Gasteiger partial charge in [-0.3, -0.25) is 4.79 Å². The highest BCUT2D eigenvalue weighted by atomic mass is 16.2. The van der Waals surface area contributed by atoms with E-state index in [1.54, 1.807) is 0 Å². The number of para-hydroxylation sites is 1. The second kappa shape index (κ2) is 7.93. The van der Waals surface area contributed by atoms with Crippen LogP contribution in [0, 0.1) is 5.92 Å². The van der Waals surface area contributed by atoms with Gasteiger partial charge in [-0.25, -0.2) is 0 Å². The summed E-state index contributed by atoms with van der Waals surface area (Å²) >= 11 is 0. The van der Waals surface area contributed by atoms with Gasteiger partial charge in [0.2, 0.25) is 5.91 Å². The summed E-state index contributed by atoms with van der Waals surface area (Å²) in [5, 5.41) is 3.11. The fourth-order valence-corrected chi connectivity index (χ4v) is 2.90. The normalized spacial score (nSPS) is 15.8. The average molecular weight is 274 g/mol. The number of carbonyl (C=O) groups is 1. The highest BCUT2D eigenvalue weighted by Crippen LogP contribution is 2.22. The smallest absolute Gasteiger partial charge is 0.239 e. The molecule has 0 aromatic heterocycles. The van der Waals surface area contributed by atoms with Crippen LogP contribution in [0.5, 0.6) is 0 Å². The van der Waals surface area contributed by atoms with E-state index in [9.17, 15) is 4.79 Å². The van der Waals surface area contributed by atoms with Crippen LogP contribution in [-0.4, -0.2) is 25.5 Å². The zero-order valence-corrected chi connectivity index (χ0v) is 12.5. The second-order valence-electron chi connectivity index (χ2n) is 5.66. The minimum absolute atomic E-state index is 0.140. The zero-order valence-electron chi connectivity index (χ0n) is 12.5. The Kier molecular flexibility index (Phi) is 5.90. The summed E-state index contributed by atoms with van der Waals surface area (Å²) in [5.41, 5.74) is 1.11. The van der Waals surface area contributed by atoms with Gasteiger partial charge in [0.25, 0.3) is 0 Å². The lowest BCUT2D eigenvalue weighted by Crippen LogP contribution is -2.39. The molecule has 3 nitrogen and oxygen atoms in total. The van der Waals surface area contributed by atoms with Crippen molar-refractivity contribution in [2.45, 2.75) is 39.0 Å². The number of hydrogen-bond acceptors (Lipinski definition) is 2. The van der Waals surface area contributed by atoms with Gasteiger partial charge in [-0.05, 0) is 37.8 Å². The number of anilines is 1. The number of hydrogen-bond donors (Lipinski definition) is 1. The van der Waals surface area contributed by atoms with Crippen LogP contribution in [0.25, 0.3) is 0 Å². The Morgan fingerprint density at radius 3 is 2.55 bits per heavy atom. The summed E-state index contributed by atoms with van der Waals surface area (Å²) < 4.78 is 0. The van der Waals surface area contributed by atoms with Crippen LogP contribution in [-0.2, 0) is 4.79 Å². The molecule has 0 bridgehead atoms. The molecule has 0 atom stereocenters. The van der Waals surface area contributed by atoms with Crippen LogP contribution in [0.1, 0.15) is 39.0 Å². The molecule has 1 aliphatic carbocycles. The Morgan fingerprint density at radius 2 is 1.90 bits per heavy atom. The highest BCUT2D eigenvalue weighted by Gasteiger charge is 2.15. The molecular formula is C17H26N2O. The first kappa shape index (κ1) is 14.9. The molecule has 1 fully saturated rings. The van der Waals surface area contributed by atoms with Crippen LogP contribution in [0.3, 0.4) is 0 Å². The third kappa shape index (κ3) is 4.55. The Labute approximate surface area is 122 Å². The molecule has 1 aromatic carbocycles. The first-order valence-electron chi connectivity index (χ1n) is 7.86. The Balaban J connectivity index is 1.77. The predicted octanol–water partition coefficient (Wildman–Crippen LogP) is 3.21. The largest absolute Gasteiger partial charge is 0.363 e. The van der Waals surface area contributed by atoms with Gasteiger partial charge in [-0.1, -0.05) is 37.5 Å². The molecule has 2 rings (SSSR count). The Bertz CT molecular complexity index is 399. The van der Waals surface area contributed by atoms with Crippen molar-refractivity contribution < 1.29 is 4.79 Å². The van der Waals surface area contributed by atoms with E-state index >= 15 is 0 Å². The van der Waals surface area contributed by atoms with Gasteiger partial charge in [-0.15, -0.1) is 0 Å². The van der Waals surface area contributed by atoms with Crippen LogP contribution >= 0.6 is 0 Å². The fraction of sp³-hybridized carbons (Fsp3) is 0.588. The molecule has 1 aromatic rings. The topological polar surface area (TPSA) is 32.3 Å². The van der Waals surface area contributed by atoms with Crippen LogP contribution in [0.15, 0.2) is 30.3 Å². The molecule has 1 N–H and O–H groups in total. The van der Waals surface area contributed by atoms with Crippen molar-refractivity contribution in [3.8, 4) is 0 Å². The maximum absolute atomic E-state index is 12.1. The molecule has 0 saturated heterocycles. The lowest BCUT2D eigenvalue weighted by molar-refractivity contribution is -0.120. The molecular weight excluding hydrogens is 248 g/mol. The van der Waals surface area contributed by atoms with Gasteiger partial charge in [0.1, 0.15) is 0 Å². The molecule has 1 amide bonds. The molecule has 0 radical (unpaired) electrons. The maximum Gasteiger partial charge on any atom is 0.239 e. The van der Waals surface area contributed by atoms with Crippen LogP contribution < -0.4 is 10.2 Å². The second-order valence-corrected chi connectivity index (χ2v) is 5.66. The molecule has 0 spiro atoms. The summed E-state index contributed by atoms with van der Waals surface area (Å²) in [6, 6.07) is 10.1. The van der Waals surface area contributed by atoms with Gasteiger partial charge in [0.05, 0.1) is 6.54 Å². The SMILES string of the molecule is CCN(CC(=O)NCC1CCCCC1)c1ccccc1. The highest BCUT2D eigenvalue weighted by molar-refractivity contribution is 5.81. The third-order valence-corrected chi connectivity index (χ3v) is 4.15. The van der Waals surface area contributed by atoms with E-state index in [2.05, 4.69) is 29.3 Å². The van der Waals surface area contributed by atoms with Crippen molar-refractivity contribution in [2.75, 3.05) is 24.5 Å². The standard InChI is InChI=1S/C17H26N2O/c1-2-19(16-11-7-4-8-12-16)14-17(20)18-13-15-9-5-3-6-10-15/h4,7-8,11-12,15H,2-3,5-6,9-10,13-14H2,1H3,(H,18,20). The molecule has 0 unspecified atom stereocenters. The van der Waals surface area contributed by atoms with Crippen LogP contribution in [0.4, 0.5) is 5.69 Å². The summed E-state index contributed by atoms with van der Waals surface area (Å²) in [6.07, 6.45) is 6.56. The number of benzene rings is 1. The first-order chi connectivity index (χ1) is 9.79. The molecule has 20 heavy (non-hydrogen) atoms. The molecule has 3 heteroatoms. The van der Waals surface area contributed by atoms with Gasteiger partial charge in [-0.2, -0.15) is 0 Å². The number of amides is 1. The minimum Gasteiger partial charge on any atom is -0.363 e. The molecule has 0 heterocycles. The average Bonchev–Trinajstić information content (AvgIpc) is 2.52. The summed E-state index contributed by atoms with van der Waals surface area (Å²) in [5.74, 6) is 0.834.